The number of halogens is 1. The molecule has 0 spiro atoms. The van der Waals surface area contributed by atoms with Crippen LogP contribution in [-0.4, -0.2) is 27.8 Å². The normalized spacial score (nSPS) is 14.0. The SMILES string of the molecule is C/C=C(\C)c1ccc(-n2ccn(Cc3ccc(F)c(OCC4CC4)c3)c2=O)nc1OC. The van der Waals surface area contributed by atoms with Gasteiger partial charge in [0.1, 0.15) is 5.82 Å². The number of allylic oxidation sites excluding steroid dienone is 2. The van der Waals surface area contributed by atoms with Crippen molar-refractivity contribution in [2.75, 3.05) is 13.7 Å². The van der Waals surface area contributed by atoms with Crippen molar-refractivity contribution in [2.24, 2.45) is 5.92 Å². The number of ether oxygens (including phenoxy) is 2. The Morgan fingerprint density at radius 1 is 1.26 bits per heavy atom. The molecule has 1 fully saturated rings. The first-order valence-electron chi connectivity index (χ1n) is 10.4. The summed E-state index contributed by atoms with van der Waals surface area (Å²) in [4.78, 5) is 17.5. The third kappa shape index (κ3) is 4.55. The maximum absolute atomic E-state index is 14.0. The summed E-state index contributed by atoms with van der Waals surface area (Å²) in [5, 5.41) is 0. The van der Waals surface area contributed by atoms with Gasteiger partial charge in [-0.2, -0.15) is 4.98 Å². The first kappa shape index (κ1) is 20.9. The van der Waals surface area contributed by atoms with E-state index in [4.69, 9.17) is 9.47 Å². The molecular formula is C24H26FN3O3. The Morgan fingerprint density at radius 2 is 2.06 bits per heavy atom. The molecular weight excluding hydrogens is 397 g/mol. The lowest BCUT2D eigenvalue weighted by Crippen LogP contribution is -2.24. The molecule has 162 valence electrons. The first-order chi connectivity index (χ1) is 15.0. The molecule has 0 N–H and O–H groups in total. The van der Waals surface area contributed by atoms with Gasteiger partial charge in [-0.15, -0.1) is 0 Å². The fraction of sp³-hybridized carbons (Fsp3) is 0.333. The molecule has 0 saturated heterocycles. The van der Waals surface area contributed by atoms with Crippen LogP contribution in [0.1, 0.15) is 37.8 Å². The van der Waals surface area contributed by atoms with Crippen LogP contribution < -0.4 is 15.2 Å². The smallest absolute Gasteiger partial charge is 0.334 e. The quantitative estimate of drug-likeness (QED) is 0.537. The Labute approximate surface area is 180 Å². The van der Waals surface area contributed by atoms with Crippen LogP contribution in [-0.2, 0) is 6.54 Å². The average Bonchev–Trinajstić information content (AvgIpc) is 3.55. The maximum atomic E-state index is 14.0. The highest BCUT2D eigenvalue weighted by molar-refractivity contribution is 5.67. The van der Waals surface area contributed by atoms with E-state index in [0.717, 1.165) is 29.5 Å². The van der Waals surface area contributed by atoms with E-state index in [1.165, 1.54) is 10.6 Å². The van der Waals surface area contributed by atoms with E-state index in [-0.39, 0.29) is 17.3 Å². The van der Waals surface area contributed by atoms with Crippen LogP contribution in [0.4, 0.5) is 4.39 Å². The number of hydrogen-bond acceptors (Lipinski definition) is 4. The van der Waals surface area contributed by atoms with E-state index in [1.54, 1.807) is 42.3 Å². The predicted octanol–water partition coefficient (Wildman–Crippen LogP) is 4.44. The van der Waals surface area contributed by atoms with Gasteiger partial charge in [-0.25, -0.2) is 9.18 Å². The molecule has 0 radical (unpaired) electrons. The molecule has 3 aromatic rings. The molecule has 31 heavy (non-hydrogen) atoms. The minimum absolute atomic E-state index is 0.234. The molecule has 0 amide bonds. The molecule has 7 heteroatoms. The summed E-state index contributed by atoms with van der Waals surface area (Å²) in [7, 11) is 1.56. The van der Waals surface area contributed by atoms with Gasteiger partial charge in [-0.3, -0.25) is 9.13 Å². The van der Waals surface area contributed by atoms with Crippen LogP contribution in [0.5, 0.6) is 11.6 Å². The van der Waals surface area contributed by atoms with E-state index < -0.39 is 0 Å². The number of hydrogen-bond donors (Lipinski definition) is 0. The van der Waals surface area contributed by atoms with Crippen LogP contribution in [0.15, 0.2) is 53.6 Å². The van der Waals surface area contributed by atoms with Crippen molar-refractivity contribution in [1.82, 2.24) is 14.1 Å². The standard InChI is InChI=1S/C24H26FN3O3/c1-4-16(2)19-8-10-22(26-23(19)30-3)28-12-11-27(24(28)29)14-18-7-9-20(25)21(13-18)31-15-17-5-6-17/h4,7-13,17H,5-6,14-15H2,1-3H3/b16-4+. The second-order valence-electron chi connectivity index (χ2n) is 7.80. The van der Waals surface area contributed by atoms with Gasteiger partial charge in [0.25, 0.3) is 0 Å². The number of methoxy groups -OCH3 is 1. The van der Waals surface area contributed by atoms with Crippen molar-refractivity contribution in [3.63, 3.8) is 0 Å². The minimum atomic E-state index is -0.387. The molecule has 1 aliphatic carbocycles. The molecule has 0 aliphatic heterocycles. The first-order valence-corrected chi connectivity index (χ1v) is 10.4. The number of nitrogens with zero attached hydrogens (tertiary/aromatic N) is 3. The van der Waals surface area contributed by atoms with Gasteiger partial charge < -0.3 is 9.47 Å². The van der Waals surface area contributed by atoms with Crippen LogP contribution in [0.25, 0.3) is 11.4 Å². The van der Waals surface area contributed by atoms with E-state index in [2.05, 4.69) is 4.98 Å². The van der Waals surface area contributed by atoms with Crippen molar-refractivity contribution in [3.05, 3.63) is 76.2 Å². The number of imidazole rings is 1. The van der Waals surface area contributed by atoms with Crippen molar-refractivity contribution in [1.29, 1.82) is 0 Å². The van der Waals surface area contributed by atoms with Gasteiger partial charge in [0, 0.05) is 18.0 Å². The van der Waals surface area contributed by atoms with Gasteiger partial charge in [0.2, 0.25) is 5.88 Å². The van der Waals surface area contributed by atoms with Gasteiger partial charge in [0.15, 0.2) is 11.6 Å². The van der Waals surface area contributed by atoms with Crippen molar-refractivity contribution >= 4 is 5.57 Å². The monoisotopic (exact) mass is 423 g/mol. The largest absolute Gasteiger partial charge is 0.490 e. The number of rotatable bonds is 8. The molecule has 4 rings (SSSR count). The molecule has 0 atom stereocenters. The van der Waals surface area contributed by atoms with Crippen LogP contribution in [0.2, 0.25) is 0 Å². The van der Waals surface area contributed by atoms with E-state index in [9.17, 15) is 9.18 Å². The second kappa shape index (κ2) is 8.79. The number of aromatic nitrogens is 3. The lowest BCUT2D eigenvalue weighted by atomic mass is 10.1. The van der Waals surface area contributed by atoms with Gasteiger partial charge in [-0.05, 0) is 68.0 Å². The molecule has 1 aromatic carbocycles. The Morgan fingerprint density at radius 3 is 2.77 bits per heavy atom. The zero-order chi connectivity index (χ0) is 22.0. The van der Waals surface area contributed by atoms with Crippen molar-refractivity contribution < 1.29 is 13.9 Å². The third-order valence-electron chi connectivity index (χ3n) is 5.51. The highest BCUT2D eigenvalue weighted by atomic mass is 19.1. The number of pyridine rings is 1. The topological polar surface area (TPSA) is 58.3 Å². The van der Waals surface area contributed by atoms with Crippen molar-refractivity contribution in [2.45, 2.75) is 33.2 Å². The van der Waals surface area contributed by atoms with Crippen molar-refractivity contribution in [3.8, 4) is 17.4 Å². The third-order valence-corrected chi connectivity index (χ3v) is 5.51. The summed E-state index contributed by atoms with van der Waals surface area (Å²) in [6.07, 6.45) is 7.61. The summed E-state index contributed by atoms with van der Waals surface area (Å²) < 4.78 is 28.1. The molecule has 0 unspecified atom stereocenters. The van der Waals surface area contributed by atoms with Crippen LogP contribution in [0.3, 0.4) is 0 Å². The zero-order valence-corrected chi connectivity index (χ0v) is 18.0. The van der Waals surface area contributed by atoms with Gasteiger partial charge in [0.05, 0.1) is 20.3 Å². The van der Waals surface area contributed by atoms with Crippen LogP contribution >= 0.6 is 0 Å². The summed E-state index contributed by atoms with van der Waals surface area (Å²) in [6, 6.07) is 8.40. The van der Waals surface area contributed by atoms with Gasteiger partial charge >= 0.3 is 5.69 Å². The Bertz CT molecular complexity index is 1180. The molecule has 0 bridgehead atoms. The Balaban J connectivity index is 1.57. The highest BCUT2D eigenvalue weighted by Gasteiger charge is 2.22. The zero-order valence-electron chi connectivity index (χ0n) is 18.0. The summed E-state index contributed by atoms with van der Waals surface area (Å²) in [5.74, 6) is 1.32. The van der Waals surface area contributed by atoms with Crippen LogP contribution in [0, 0.1) is 11.7 Å². The average molecular weight is 423 g/mol. The van der Waals surface area contributed by atoms with E-state index in [1.807, 2.05) is 26.0 Å². The molecule has 2 heterocycles. The number of benzene rings is 1. The fourth-order valence-corrected chi connectivity index (χ4v) is 3.33. The second-order valence-corrected chi connectivity index (χ2v) is 7.80. The Kier molecular flexibility index (Phi) is 5.93. The molecule has 1 saturated carbocycles. The Hall–Kier alpha value is -3.35. The summed E-state index contributed by atoms with van der Waals surface area (Å²) in [5.41, 5.74) is 2.47. The summed E-state index contributed by atoms with van der Waals surface area (Å²) >= 11 is 0. The van der Waals surface area contributed by atoms with E-state index in [0.29, 0.717) is 30.8 Å². The minimum Gasteiger partial charge on any atom is -0.490 e. The fourth-order valence-electron chi connectivity index (χ4n) is 3.33. The highest BCUT2D eigenvalue weighted by Crippen LogP contribution is 2.30. The lowest BCUT2D eigenvalue weighted by Gasteiger charge is -2.10. The predicted molar refractivity (Wildman–Crippen MR) is 117 cm³/mol. The molecule has 6 nitrogen and oxygen atoms in total. The summed E-state index contributed by atoms with van der Waals surface area (Å²) in [6.45, 7) is 4.77. The molecule has 2 aromatic heterocycles. The van der Waals surface area contributed by atoms with E-state index >= 15 is 0 Å². The molecule has 1 aliphatic rings. The van der Waals surface area contributed by atoms with Gasteiger partial charge in [-0.1, -0.05) is 12.1 Å². The maximum Gasteiger partial charge on any atom is 0.334 e. The lowest BCUT2D eigenvalue weighted by molar-refractivity contribution is 0.285.